The van der Waals surface area contributed by atoms with Crippen molar-refractivity contribution in [3.8, 4) is 0 Å². The summed E-state index contributed by atoms with van der Waals surface area (Å²) in [5.74, 6) is 0.535. The number of nitrogens with one attached hydrogen (secondary N) is 1. The van der Waals surface area contributed by atoms with Gasteiger partial charge in [-0.1, -0.05) is 13.0 Å². The van der Waals surface area contributed by atoms with Crippen molar-refractivity contribution in [1.29, 1.82) is 0 Å². The Morgan fingerprint density at radius 1 is 1.43 bits per heavy atom. The first kappa shape index (κ1) is 13.7. The molecule has 1 unspecified atom stereocenters. The van der Waals surface area contributed by atoms with Crippen LogP contribution in [0.3, 0.4) is 0 Å². The van der Waals surface area contributed by atoms with Crippen molar-refractivity contribution < 1.29 is 8.42 Å². The standard InChI is InChI=1S/C10H21NO2S/c1-4-6-10(3)11-7-9-14(12,13)8-5-2/h4,10-11H,1,5-9H2,2-3H3. The normalized spacial score (nSPS) is 13.9. The van der Waals surface area contributed by atoms with Gasteiger partial charge in [-0.05, 0) is 19.8 Å². The molecule has 0 spiro atoms. The Morgan fingerprint density at radius 2 is 2.07 bits per heavy atom. The van der Waals surface area contributed by atoms with Crippen molar-refractivity contribution in [3.05, 3.63) is 12.7 Å². The van der Waals surface area contributed by atoms with Crippen LogP contribution in [0, 0.1) is 0 Å². The molecule has 0 saturated heterocycles. The highest BCUT2D eigenvalue weighted by Gasteiger charge is 2.09. The van der Waals surface area contributed by atoms with Gasteiger partial charge in [0, 0.05) is 18.3 Å². The average molecular weight is 219 g/mol. The van der Waals surface area contributed by atoms with Gasteiger partial charge in [-0.25, -0.2) is 8.42 Å². The van der Waals surface area contributed by atoms with Gasteiger partial charge in [0.1, 0.15) is 0 Å². The first-order chi connectivity index (χ1) is 6.52. The van der Waals surface area contributed by atoms with Crippen LogP contribution >= 0.6 is 0 Å². The van der Waals surface area contributed by atoms with Crippen molar-refractivity contribution in [2.24, 2.45) is 0 Å². The molecule has 14 heavy (non-hydrogen) atoms. The molecule has 1 atom stereocenters. The highest BCUT2D eigenvalue weighted by atomic mass is 32.2. The smallest absolute Gasteiger partial charge is 0.151 e. The van der Waals surface area contributed by atoms with E-state index in [0.717, 1.165) is 6.42 Å². The average Bonchev–Trinajstić information content (AvgIpc) is 2.03. The molecule has 0 aliphatic heterocycles. The molecule has 3 nitrogen and oxygen atoms in total. The predicted octanol–water partition coefficient (Wildman–Crippen LogP) is 1.37. The van der Waals surface area contributed by atoms with Crippen LogP contribution in [0.15, 0.2) is 12.7 Å². The number of hydrogen-bond acceptors (Lipinski definition) is 3. The van der Waals surface area contributed by atoms with E-state index in [1.807, 2.05) is 19.9 Å². The quantitative estimate of drug-likeness (QED) is 0.627. The monoisotopic (exact) mass is 219 g/mol. The predicted molar refractivity (Wildman–Crippen MR) is 61.2 cm³/mol. The largest absolute Gasteiger partial charge is 0.313 e. The summed E-state index contributed by atoms with van der Waals surface area (Å²) in [6.07, 6.45) is 3.40. The van der Waals surface area contributed by atoms with Gasteiger partial charge in [0.15, 0.2) is 9.84 Å². The van der Waals surface area contributed by atoms with E-state index in [0.29, 0.717) is 24.8 Å². The summed E-state index contributed by atoms with van der Waals surface area (Å²) < 4.78 is 22.6. The second kappa shape index (κ2) is 7.01. The molecule has 1 N–H and O–H groups in total. The SMILES string of the molecule is C=CCC(C)NCCS(=O)(=O)CCC. The first-order valence-electron chi connectivity index (χ1n) is 5.06. The maximum absolute atomic E-state index is 11.3. The summed E-state index contributed by atoms with van der Waals surface area (Å²) in [6, 6.07) is 0.310. The van der Waals surface area contributed by atoms with E-state index in [1.165, 1.54) is 0 Å². The van der Waals surface area contributed by atoms with Gasteiger partial charge in [0.05, 0.1) is 5.75 Å². The van der Waals surface area contributed by atoms with Crippen molar-refractivity contribution >= 4 is 9.84 Å². The Kier molecular flexibility index (Phi) is 6.83. The lowest BCUT2D eigenvalue weighted by Gasteiger charge is -2.11. The molecule has 0 fully saturated rings. The fourth-order valence-electron chi connectivity index (χ4n) is 1.21. The van der Waals surface area contributed by atoms with Crippen LogP contribution in [0.4, 0.5) is 0 Å². The Balaban J connectivity index is 3.68. The van der Waals surface area contributed by atoms with Crippen LogP contribution in [0.1, 0.15) is 26.7 Å². The minimum atomic E-state index is -2.83. The first-order valence-corrected chi connectivity index (χ1v) is 6.88. The summed E-state index contributed by atoms with van der Waals surface area (Å²) >= 11 is 0. The third-order valence-corrected chi connectivity index (χ3v) is 3.80. The van der Waals surface area contributed by atoms with Gasteiger partial charge in [-0.3, -0.25) is 0 Å². The highest BCUT2D eigenvalue weighted by molar-refractivity contribution is 7.91. The molecule has 0 bridgehead atoms. The molecular formula is C10H21NO2S. The van der Waals surface area contributed by atoms with Gasteiger partial charge >= 0.3 is 0 Å². The molecule has 0 radical (unpaired) electrons. The Morgan fingerprint density at radius 3 is 2.57 bits per heavy atom. The summed E-state index contributed by atoms with van der Waals surface area (Å²) in [5, 5.41) is 3.15. The summed E-state index contributed by atoms with van der Waals surface area (Å²) in [6.45, 7) is 8.07. The zero-order chi connectivity index (χ0) is 11.0. The van der Waals surface area contributed by atoms with Gasteiger partial charge in [-0.15, -0.1) is 6.58 Å². The van der Waals surface area contributed by atoms with Crippen molar-refractivity contribution in [1.82, 2.24) is 5.32 Å². The molecular weight excluding hydrogens is 198 g/mol. The van der Waals surface area contributed by atoms with Crippen LogP contribution < -0.4 is 5.32 Å². The Bertz CT molecular complexity index is 247. The van der Waals surface area contributed by atoms with Crippen molar-refractivity contribution in [2.75, 3.05) is 18.1 Å². The van der Waals surface area contributed by atoms with Gasteiger partial charge in [0.2, 0.25) is 0 Å². The van der Waals surface area contributed by atoms with E-state index in [9.17, 15) is 8.42 Å². The van der Waals surface area contributed by atoms with Crippen LogP contribution in [0.2, 0.25) is 0 Å². The van der Waals surface area contributed by atoms with Gasteiger partial charge < -0.3 is 5.32 Å². The van der Waals surface area contributed by atoms with Gasteiger partial charge in [-0.2, -0.15) is 0 Å². The number of rotatable bonds is 8. The molecule has 84 valence electrons. The van der Waals surface area contributed by atoms with E-state index < -0.39 is 9.84 Å². The van der Waals surface area contributed by atoms with E-state index in [4.69, 9.17) is 0 Å². The van der Waals surface area contributed by atoms with Gasteiger partial charge in [0.25, 0.3) is 0 Å². The molecule has 0 heterocycles. The van der Waals surface area contributed by atoms with E-state index in [-0.39, 0.29) is 5.75 Å². The van der Waals surface area contributed by atoms with Crippen LogP contribution in [-0.4, -0.2) is 32.5 Å². The van der Waals surface area contributed by atoms with Crippen LogP contribution in [-0.2, 0) is 9.84 Å². The maximum Gasteiger partial charge on any atom is 0.151 e. The second-order valence-corrected chi connectivity index (χ2v) is 5.84. The lowest BCUT2D eigenvalue weighted by atomic mass is 10.2. The Labute approximate surface area is 87.5 Å². The molecule has 0 aromatic rings. The zero-order valence-corrected chi connectivity index (χ0v) is 9.94. The highest BCUT2D eigenvalue weighted by Crippen LogP contribution is 1.94. The molecule has 0 rings (SSSR count). The van der Waals surface area contributed by atoms with Crippen molar-refractivity contribution in [2.45, 2.75) is 32.7 Å². The number of hydrogen-bond donors (Lipinski definition) is 1. The molecule has 4 heteroatoms. The lowest BCUT2D eigenvalue weighted by Crippen LogP contribution is -2.31. The summed E-state index contributed by atoms with van der Waals surface area (Å²) in [5.41, 5.74) is 0. The van der Waals surface area contributed by atoms with E-state index in [1.54, 1.807) is 0 Å². The summed E-state index contributed by atoms with van der Waals surface area (Å²) in [7, 11) is -2.83. The molecule has 0 saturated carbocycles. The summed E-state index contributed by atoms with van der Waals surface area (Å²) in [4.78, 5) is 0. The molecule has 0 aliphatic carbocycles. The molecule has 0 aromatic heterocycles. The third kappa shape index (κ3) is 7.09. The second-order valence-electron chi connectivity index (χ2n) is 3.53. The van der Waals surface area contributed by atoms with Crippen LogP contribution in [0.25, 0.3) is 0 Å². The topological polar surface area (TPSA) is 46.2 Å². The minimum Gasteiger partial charge on any atom is -0.313 e. The van der Waals surface area contributed by atoms with Crippen molar-refractivity contribution in [3.63, 3.8) is 0 Å². The fraction of sp³-hybridized carbons (Fsp3) is 0.800. The Hall–Kier alpha value is -0.350. The number of sulfone groups is 1. The zero-order valence-electron chi connectivity index (χ0n) is 9.12. The van der Waals surface area contributed by atoms with E-state index in [2.05, 4.69) is 11.9 Å². The third-order valence-electron chi connectivity index (χ3n) is 1.94. The minimum absolute atomic E-state index is 0.238. The fourth-order valence-corrected chi connectivity index (χ4v) is 2.46. The molecule has 0 aromatic carbocycles. The lowest BCUT2D eigenvalue weighted by molar-refractivity contribution is 0.560. The van der Waals surface area contributed by atoms with E-state index >= 15 is 0 Å². The van der Waals surface area contributed by atoms with Crippen LogP contribution in [0.5, 0.6) is 0 Å². The maximum atomic E-state index is 11.3. The molecule has 0 amide bonds. The molecule has 0 aliphatic rings.